The maximum atomic E-state index is 12.6. The van der Waals surface area contributed by atoms with Crippen molar-refractivity contribution in [3.8, 4) is 5.75 Å². The summed E-state index contributed by atoms with van der Waals surface area (Å²) < 4.78 is 11.0. The van der Waals surface area contributed by atoms with E-state index in [4.69, 9.17) is 9.47 Å². The van der Waals surface area contributed by atoms with Crippen LogP contribution in [-0.4, -0.2) is 83.8 Å². The number of piperidine rings is 1. The third-order valence-corrected chi connectivity index (χ3v) is 6.40. The third kappa shape index (κ3) is 7.25. The molecule has 2 aliphatic heterocycles. The highest BCUT2D eigenvalue weighted by Crippen LogP contribution is 2.25. The van der Waals surface area contributed by atoms with Crippen LogP contribution in [0, 0.1) is 5.92 Å². The molecule has 1 atom stereocenters. The predicted octanol–water partition coefficient (Wildman–Crippen LogP) is 2.03. The van der Waals surface area contributed by atoms with Crippen molar-refractivity contribution >= 4 is 18.3 Å². The molecule has 2 fully saturated rings. The van der Waals surface area contributed by atoms with E-state index in [1.54, 1.807) is 24.3 Å². The van der Waals surface area contributed by atoms with Crippen molar-refractivity contribution in [2.24, 2.45) is 5.92 Å². The second-order valence-electron chi connectivity index (χ2n) is 10.2. The zero-order chi connectivity index (χ0) is 24.8. The summed E-state index contributed by atoms with van der Waals surface area (Å²) in [6, 6.07) is 8.93. The van der Waals surface area contributed by atoms with Crippen molar-refractivity contribution in [3.05, 3.63) is 30.3 Å². The van der Waals surface area contributed by atoms with Gasteiger partial charge in [-0.25, -0.2) is 10.0 Å². The van der Waals surface area contributed by atoms with Crippen LogP contribution in [0.5, 0.6) is 5.75 Å². The summed E-state index contributed by atoms with van der Waals surface area (Å²) in [7, 11) is 0. The number of amides is 1. The maximum Gasteiger partial charge on any atom is 0.314 e. The van der Waals surface area contributed by atoms with Gasteiger partial charge in [-0.3, -0.25) is 19.3 Å². The van der Waals surface area contributed by atoms with E-state index in [1.165, 1.54) is 0 Å². The molecule has 0 aliphatic carbocycles. The number of esters is 2. The first-order chi connectivity index (χ1) is 16.1. The van der Waals surface area contributed by atoms with Crippen LogP contribution in [0.25, 0.3) is 0 Å². The van der Waals surface area contributed by atoms with Crippen molar-refractivity contribution in [1.82, 2.24) is 20.2 Å². The Morgan fingerprint density at radius 1 is 0.971 bits per heavy atom. The molecule has 0 aromatic heterocycles. The monoisotopic (exact) mass is 474 g/mol. The minimum absolute atomic E-state index is 0.0436. The van der Waals surface area contributed by atoms with E-state index in [-0.39, 0.29) is 18.3 Å². The van der Waals surface area contributed by atoms with Gasteiger partial charge in [0.25, 0.3) is 0 Å². The summed E-state index contributed by atoms with van der Waals surface area (Å²) in [6.07, 6.45) is 2.25. The molecule has 2 heterocycles. The van der Waals surface area contributed by atoms with Crippen LogP contribution in [0.2, 0.25) is 0 Å². The molecular formula is C25H38N4O5. The Kier molecular flexibility index (Phi) is 8.67. The number of carbonyl (C=O) groups excluding carboxylic acids is 3. The van der Waals surface area contributed by atoms with Gasteiger partial charge < -0.3 is 14.8 Å². The molecule has 2 aliphatic rings. The Balaban J connectivity index is 1.49. The highest BCUT2D eigenvalue weighted by Gasteiger charge is 2.38. The first-order valence-electron chi connectivity index (χ1n) is 12.0. The molecule has 0 spiro atoms. The fraction of sp³-hybridized carbons (Fsp3) is 0.640. The molecule has 3 rings (SSSR count). The lowest BCUT2D eigenvalue weighted by Crippen LogP contribution is -2.65. The van der Waals surface area contributed by atoms with Crippen molar-refractivity contribution in [2.45, 2.75) is 58.2 Å². The Hall–Kier alpha value is -2.49. The van der Waals surface area contributed by atoms with Crippen LogP contribution in [0.15, 0.2) is 30.3 Å². The maximum absolute atomic E-state index is 12.6. The number of nitrogens with one attached hydrogen (secondary N) is 1. The van der Waals surface area contributed by atoms with E-state index in [0.29, 0.717) is 25.2 Å². The number of hydrogen-bond acceptors (Lipinski definition) is 8. The van der Waals surface area contributed by atoms with E-state index >= 15 is 0 Å². The van der Waals surface area contributed by atoms with Gasteiger partial charge in [0.05, 0.1) is 12.3 Å². The molecule has 34 heavy (non-hydrogen) atoms. The molecule has 1 aromatic rings. The van der Waals surface area contributed by atoms with E-state index in [2.05, 4.69) is 20.2 Å². The Morgan fingerprint density at radius 2 is 1.56 bits per heavy atom. The van der Waals surface area contributed by atoms with E-state index in [0.717, 1.165) is 39.0 Å². The molecule has 2 saturated heterocycles. The number of ether oxygens (including phenoxy) is 2. The van der Waals surface area contributed by atoms with Crippen LogP contribution in [0.3, 0.4) is 0 Å². The van der Waals surface area contributed by atoms with Gasteiger partial charge in [0.1, 0.15) is 17.0 Å². The lowest BCUT2D eigenvalue weighted by molar-refractivity contribution is -0.165. The van der Waals surface area contributed by atoms with Crippen molar-refractivity contribution in [1.29, 1.82) is 0 Å². The van der Waals surface area contributed by atoms with Gasteiger partial charge in [-0.15, -0.1) is 0 Å². The molecule has 9 nitrogen and oxygen atoms in total. The van der Waals surface area contributed by atoms with Gasteiger partial charge in [0.15, 0.2) is 0 Å². The molecule has 0 bridgehead atoms. The van der Waals surface area contributed by atoms with Crippen LogP contribution in [0.1, 0.15) is 47.0 Å². The molecule has 1 amide bonds. The molecular weight excluding hydrogens is 436 g/mol. The lowest BCUT2D eigenvalue weighted by atomic mass is 9.97. The fourth-order valence-electron chi connectivity index (χ4n) is 4.56. The number of hydrogen-bond donors (Lipinski definition) is 1. The van der Waals surface area contributed by atoms with Crippen molar-refractivity contribution in [2.75, 3.05) is 39.3 Å². The number of hydrazine groups is 1. The second kappa shape index (κ2) is 11.3. The molecule has 1 unspecified atom stereocenters. The van der Waals surface area contributed by atoms with Crippen LogP contribution >= 0.6 is 0 Å². The Labute approximate surface area is 202 Å². The number of carbonyl (C=O) groups is 3. The summed E-state index contributed by atoms with van der Waals surface area (Å²) in [6.45, 7) is 12.1. The van der Waals surface area contributed by atoms with E-state index < -0.39 is 17.2 Å². The van der Waals surface area contributed by atoms with Gasteiger partial charge in [0.2, 0.25) is 6.41 Å². The minimum atomic E-state index is -0.830. The number of piperazine rings is 1. The van der Waals surface area contributed by atoms with Crippen LogP contribution in [-0.2, 0) is 19.1 Å². The molecule has 188 valence electrons. The molecule has 0 radical (unpaired) electrons. The summed E-state index contributed by atoms with van der Waals surface area (Å²) in [5.74, 6) is -0.0576. The summed E-state index contributed by atoms with van der Waals surface area (Å²) >= 11 is 0. The summed E-state index contributed by atoms with van der Waals surface area (Å²) in [5, 5.41) is 7.46. The van der Waals surface area contributed by atoms with Crippen LogP contribution in [0.4, 0.5) is 0 Å². The standard InChI is InChI=1S/C25H38N4O5/c1-24(2,3)34-23(32)20-10-12-28(13-11-20)29-16-14-27(15-17-29)25(4,26-19-30)18-22(31)33-21-8-6-5-7-9-21/h5-9,19-20H,10-18H2,1-4H3,(H,26,30). The number of benzene rings is 1. The number of rotatable bonds is 8. The van der Waals surface area contributed by atoms with E-state index in [1.807, 2.05) is 33.8 Å². The minimum Gasteiger partial charge on any atom is -0.460 e. The SMILES string of the molecule is CC(C)(C)OC(=O)C1CCN(N2CCN(C(C)(CC(=O)Oc3ccccc3)NC=O)CC2)CC1. The van der Waals surface area contributed by atoms with Crippen molar-refractivity contribution in [3.63, 3.8) is 0 Å². The largest absolute Gasteiger partial charge is 0.460 e. The first kappa shape index (κ1) is 26.1. The van der Waals surface area contributed by atoms with Gasteiger partial charge >= 0.3 is 11.9 Å². The smallest absolute Gasteiger partial charge is 0.314 e. The van der Waals surface area contributed by atoms with E-state index in [9.17, 15) is 14.4 Å². The summed E-state index contributed by atoms with van der Waals surface area (Å²) in [5.41, 5.74) is -1.29. The average molecular weight is 475 g/mol. The van der Waals surface area contributed by atoms with Gasteiger partial charge in [-0.05, 0) is 52.7 Å². The number of nitrogens with zero attached hydrogens (tertiary/aromatic N) is 3. The topological polar surface area (TPSA) is 91.4 Å². The van der Waals surface area contributed by atoms with Crippen molar-refractivity contribution < 1.29 is 23.9 Å². The van der Waals surface area contributed by atoms with Crippen LogP contribution < -0.4 is 10.1 Å². The van der Waals surface area contributed by atoms with Gasteiger partial charge in [-0.2, -0.15) is 0 Å². The predicted molar refractivity (Wildman–Crippen MR) is 128 cm³/mol. The van der Waals surface area contributed by atoms with Gasteiger partial charge in [-0.1, -0.05) is 18.2 Å². The highest BCUT2D eigenvalue weighted by atomic mass is 16.6. The zero-order valence-electron chi connectivity index (χ0n) is 20.8. The second-order valence-corrected chi connectivity index (χ2v) is 10.2. The van der Waals surface area contributed by atoms with Gasteiger partial charge in [0, 0.05) is 39.3 Å². The Bertz CT molecular complexity index is 827. The molecule has 1 N–H and O–H groups in total. The zero-order valence-corrected chi connectivity index (χ0v) is 20.8. The molecule has 0 saturated carbocycles. The first-order valence-corrected chi connectivity index (χ1v) is 12.0. The third-order valence-electron chi connectivity index (χ3n) is 6.40. The summed E-state index contributed by atoms with van der Waals surface area (Å²) in [4.78, 5) is 38.4. The quantitative estimate of drug-likeness (QED) is 0.348. The normalized spacial score (nSPS) is 20.8. The fourth-order valence-corrected chi connectivity index (χ4v) is 4.56. The highest BCUT2D eigenvalue weighted by molar-refractivity contribution is 5.74. The lowest BCUT2D eigenvalue weighted by Gasteiger charge is -2.48. The molecule has 1 aromatic carbocycles. The molecule has 9 heteroatoms. The number of para-hydroxylation sites is 1. The average Bonchev–Trinajstić information content (AvgIpc) is 2.79. The Morgan fingerprint density at radius 3 is 2.12 bits per heavy atom.